The molecule has 1 N–H and O–H groups in total. The van der Waals surface area contributed by atoms with Crippen molar-refractivity contribution in [3.8, 4) is 5.75 Å². The number of nitrogens with one attached hydrogen (secondary N) is 1. The zero-order chi connectivity index (χ0) is 17.0. The van der Waals surface area contributed by atoms with Gasteiger partial charge in [0.15, 0.2) is 6.61 Å². The maximum Gasteiger partial charge on any atom is 0.258 e. The highest BCUT2D eigenvalue weighted by molar-refractivity contribution is 7.88. The van der Waals surface area contributed by atoms with Gasteiger partial charge in [-0.3, -0.25) is 4.79 Å². The van der Waals surface area contributed by atoms with Crippen molar-refractivity contribution >= 4 is 15.9 Å². The van der Waals surface area contributed by atoms with Crippen molar-refractivity contribution in [3.63, 3.8) is 0 Å². The molecular formula is C16H24N2O4S. The Labute approximate surface area is 137 Å². The minimum Gasteiger partial charge on any atom is -0.483 e. The highest BCUT2D eigenvalue weighted by Gasteiger charge is 2.25. The molecule has 0 bridgehead atoms. The zero-order valence-electron chi connectivity index (χ0n) is 13.8. The fourth-order valence-electron chi connectivity index (χ4n) is 2.77. The van der Waals surface area contributed by atoms with Crippen LogP contribution in [0.2, 0.25) is 0 Å². The minimum absolute atomic E-state index is 0.00191. The Morgan fingerprint density at radius 3 is 2.35 bits per heavy atom. The molecule has 23 heavy (non-hydrogen) atoms. The fourth-order valence-corrected chi connectivity index (χ4v) is 3.64. The standard InChI is InChI=1S/C16H24N2O4S/c1-12-5-4-6-13(2)16(12)22-11-15(19)17-14-7-9-18(10-8-14)23(3,20)21/h4-6,14H,7-11H2,1-3H3,(H,17,19). The van der Waals surface area contributed by atoms with Crippen molar-refractivity contribution in [3.05, 3.63) is 29.3 Å². The van der Waals surface area contributed by atoms with Crippen molar-refractivity contribution in [2.45, 2.75) is 32.7 Å². The molecule has 0 radical (unpaired) electrons. The van der Waals surface area contributed by atoms with E-state index in [0.29, 0.717) is 25.9 Å². The zero-order valence-corrected chi connectivity index (χ0v) is 14.6. The summed E-state index contributed by atoms with van der Waals surface area (Å²) in [6.07, 6.45) is 2.47. The van der Waals surface area contributed by atoms with Gasteiger partial charge in [-0.1, -0.05) is 18.2 Å². The molecular weight excluding hydrogens is 316 g/mol. The molecule has 1 amide bonds. The number of hydrogen-bond donors (Lipinski definition) is 1. The Morgan fingerprint density at radius 1 is 1.26 bits per heavy atom. The highest BCUT2D eigenvalue weighted by Crippen LogP contribution is 2.22. The highest BCUT2D eigenvalue weighted by atomic mass is 32.2. The average Bonchev–Trinajstić information content (AvgIpc) is 2.46. The molecule has 2 rings (SSSR count). The monoisotopic (exact) mass is 340 g/mol. The van der Waals surface area contributed by atoms with E-state index in [1.165, 1.54) is 10.6 Å². The number of hydrogen-bond acceptors (Lipinski definition) is 4. The second-order valence-electron chi connectivity index (χ2n) is 6.01. The first-order chi connectivity index (χ1) is 10.8. The summed E-state index contributed by atoms with van der Waals surface area (Å²) in [6, 6.07) is 5.84. The minimum atomic E-state index is -3.14. The summed E-state index contributed by atoms with van der Waals surface area (Å²) in [6.45, 7) is 4.75. The van der Waals surface area contributed by atoms with Crippen LogP contribution in [-0.2, 0) is 14.8 Å². The molecule has 1 aliphatic rings. The van der Waals surface area contributed by atoms with Crippen LogP contribution in [0.25, 0.3) is 0 Å². The van der Waals surface area contributed by atoms with Crippen LogP contribution in [0, 0.1) is 13.8 Å². The molecule has 0 spiro atoms. The number of rotatable bonds is 5. The maximum atomic E-state index is 12.0. The van der Waals surface area contributed by atoms with E-state index in [-0.39, 0.29) is 18.6 Å². The number of carbonyl (C=O) groups is 1. The summed E-state index contributed by atoms with van der Waals surface area (Å²) in [4.78, 5) is 12.0. The van der Waals surface area contributed by atoms with E-state index in [1.807, 2.05) is 32.0 Å². The Balaban J connectivity index is 1.80. The largest absolute Gasteiger partial charge is 0.483 e. The summed E-state index contributed by atoms with van der Waals surface area (Å²) in [5.41, 5.74) is 2.00. The Kier molecular flexibility index (Phi) is 5.64. The van der Waals surface area contributed by atoms with Gasteiger partial charge in [-0.05, 0) is 37.8 Å². The number of para-hydroxylation sites is 1. The summed E-state index contributed by atoms with van der Waals surface area (Å²) in [7, 11) is -3.14. The van der Waals surface area contributed by atoms with E-state index in [9.17, 15) is 13.2 Å². The molecule has 1 aromatic rings. The third-order valence-electron chi connectivity index (χ3n) is 4.04. The molecule has 0 unspecified atom stereocenters. The van der Waals surface area contributed by atoms with Crippen LogP contribution in [0.3, 0.4) is 0 Å². The van der Waals surface area contributed by atoms with Crippen LogP contribution in [-0.4, -0.2) is 50.6 Å². The first-order valence-electron chi connectivity index (χ1n) is 7.71. The Hall–Kier alpha value is -1.60. The summed E-state index contributed by atoms with van der Waals surface area (Å²) in [5.74, 6) is 0.569. The van der Waals surface area contributed by atoms with Crippen molar-refractivity contribution in [2.75, 3.05) is 26.0 Å². The lowest BCUT2D eigenvalue weighted by atomic mass is 10.1. The van der Waals surface area contributed by atoms with Gasteiger partial charge < -0.3 is 10.1 Å². The van der Waals surface area contributed by atoms with Gasteiger partial charge in [-0.2, -0.15) is 0 Å². The molecule has 128 valence electrons. The topological polar surface area (TPSA) is 75.7 Å². The smallest absolute Gasteiger partial charge is 0.258 e. The van der Waals surface area contributed by atoms with Gasteiger partial charge in [0.2, 0.25) is 10.0 Å². The van der Waals surface area contributed by atoms with Crippen molar-refractivity contribution in [1.82, 2.24) is 9.62 Å². The maximum absolute atomic E-state index is 12.0. The lowest BCUT2D eigenvalue weighted by molar-refractivity contribution is -0.124. The third kappa shape index (κ3) is 4.94. The van der Waals surface area contributed by atoms with Gasteiger partial charge >= 0.3 is 0 Å². The van der Waals surface area contributed by atoms with Crippen LogP contribution >= 0.6 is 0 Å². The number of piperidine rings is 1. The summed E-state index contributed by atoms with van der Waals surface area (Å²) < 4.78 is 30.0. The molecule has 0 atom stereocenters. The molecule has 0 aromatic heterocycles. The predicted molar refractivity (Wildman–Crippen MR) is 89.0 cm³/mol. The van der Waals surface area contributed by atoms with E-state index in [1.54, 1.807) is 0 Å². The number of sulfonamides is 1. The first kappa shape index (κ1) is 17.7. The molecule has 1 aliphatic heterocycles. The van der Waals surface area contributed by atoms with Gasteiger partial charge in [0.05, 0.1) is 6.26 Å². The lowest BCUT2D eigenvalue weighted by Gasteiger charge is -2.30. The molecule has 6 nitrogen and oxygen atoms in total. The Bertz CT molecular complexity index is 644. The van der Waals surface area contributed by atoms with E-state index in [2.05, 4.69) is 5.32 Å². The number of amides is 1. The van der Waals surface area contributed by atoms with E-state index in [4.69, 9.17) is 4.74 Å². The van der Waals surface area contributed by atoms with E-state index < -0.39 is 10.0 Å². The van der Waals surface area contributed by atoms with Crippen LogP contribution in [0.4, 0.5) is 0 Å². The van der Waals surface area contributed by atoms with Crippen LogP contribution in [0.15, 0.2) is 18.2 Å². The molecule has 1 heterocycles. The fraction of sp³-hybridized carbons (Fsp3) is 0.562. The molecule has 7 heteroatoms. The van der Waals surface area contributed by atoms with Gasteiger partial charge in [-0.15, -0.1) is 0 Å². The lowest BCUT2D eigenvalue weighted by Crippen LogP contribution is -2.47. The van der Waals surface area contributed by atoms with E-state index in [0.717, 1.165) is 16.9 Å². The van der Waals surface area contributed by atoms with Gasteiger partial charge in [0.25, 0.3) is 5.91 Å². The number of nitrogens with zero attached hydrogens (tertiary/aromatic N) is 1. The number of aryl methyl sites for hydroxylation is 2. The average molecular weight is 340 g/mol. The summed E-state index contributed by atoms with van der Waals surface area (Å²) >= 11 is 0. The predicted octanol–water partition coefficient (Wildman–Crippen LogP) is 1.22. The second kappa shape index (κ2) is 7.31. The number of carbonyl (C=O) groups excluding carboxylic acids is 1. The second-order valence-corrected chi connectivity index (χ2v) is 8.00. The molecule has 1 saturated heterocycles. The SMILES string of the molecule is Cc1cccc(C)c1OCC(=O)NC1CCN(S(C)(=O)=O)CC1. The van der Waals surface area contributed by atoms with Crippen molar-refractivity contribution < 1.29 is 17.9 Å². The quantitative estimate of drug-likeness (QED) is 0.874. The molecule has 1 fully saturated rings. The van der Waals surface area contributed by atoms with E-state index >= 15 is 0 Å². The normalized spacial score (nSPS) is 17.0. The third-order valence-corrected chi connectivity index (χ3v) is 5.35. The van der Waals surface area contributed by atoms with Gasteiger partial charge in [-0.25, -0.2) is 12.7 Å². The summed E-state index contributed by atoms with van der Waals surface area (Å²) in [5, 5.41) is 2.91. The van der Waals surface area contributed by atoms with Crippen molar-refractivity contribution in [1.29, 1.82) is 0 Å². The molecule has 0 saturated carbocycles. The number of benzene rings is 1. The van der Waals surface area contributed by atoms with Crippen molar-refractivity contribution in [2.24, 2.45) is 0 Å². The van der Waals surface area contributed by atoms with Crippen LogP contribution in [0.5, 0.6) is 5.75 Å². The first-order valence-corrected chi connectivity index (χ1v) is 9.55. The van der Waals surface area contributed by atoms with Crippen LogP contribution < -0.4 is 10.1 Å². The molecule has 1 aromatic carbocycles. The molecule has 0 aliphatic carbocycles. The Morgan fingerprint density at radius 2 is 1.83 bits per heavy atom. The van der Waals surface area contributed by atoms with Gasteiger partial charge in [0, 0.05) is 19.1 Å². The van der Waals surface area contributed by atoms with Gasteiger partial charge in [0.1, 0.15) is 5.75 Å². The van der Waals surface area contributed by atoms with Crippen LogP contribution in [0.1, 0.15) is 24.0 Å². The number of ether oxygens (including phenoxy) is 1.